The number of halogens is 1. The number of hydrogen-bond donors (Lipinski definition) is 1. The van der Waals surface area contributed by atoms with E-state index in [2.05, 4.69) is 25.8 Å². The second-order valence-electron chi connectivity index (χ2n) is 3.95. The zero-order valence-electron chi connectivity index (χ0n) is 9.16. The molecule has 1 aliphatic rings. The fraction of sp³-hybridized carbons (Fsp3) is 0.545. The summed E-state index contributed by atoms with van der Waals surface area (Å²) in [6, 6.07) is 1.80. The highest BCUT2D eigenvalue weighted by Crippen LogP contribution is 2.23. The number of likely N-dealkylation sites (tertiary alicyclic amines) is 1. The minimum absolute atomic E-state index is 0.619. The summed E-state index contributed by atoms with van der Waals surface area (Å²) in [5.41, 5.74) is 6.24. The Labute approximate surface area is 104 Å². The second-order valence-corrected chi connectivity index (χ2v) is 4.81. The third-order valence-corrected chi connectivity index (χ3v) is 3.24. The van der Waals surface area contributed by atoms with E-state index in [1.54, 1.807) is 12.3 Å². The van der Waals surface area contributed by atoms with Crippen molar-refractivity contribution >= 4 is 21.6 Å². The highest BCUT2D eigenvalue weighted by atomic mass is 79.9. The number of anilines is 1. The highest BCUT2D eigenvalue weighted by molar-refractivity contribution is 9.10. The molecule has 4 nitrogen and oxygen atoms in total. The summed E-state index contributed by atoms with van der Waals surface area (Å²) in [6.45, 7) is 4.04. The summed E-state index contributed by atoms with van der Waals surface area (Å²) >= 11 is 3.38. The number of nitrogens with zero attached hydrogens (tertiary/aromatic N) is 2. The molecule has 2 rings (SSSR count). The first-order chi connectivity index (χ1) is 7.75. The quantitative estimate of drug-likeness (QED) is 0.918. The zero-order valence-corrected chi connectivity index (χ0v) is 10.7. The van der Waals surface area contributed by atoms with Crippen LogP contribution in [0.3, 0.4) is 0 Å². The standard InChI is InChI=1S/C11H16BrN3O/c12-10-7-9(13)8-14-11(10)16-6-5-15-3-1-2-4-15/h7-8H,1-6,13H2. The van der Waals surface area contributed by atoms with Crippen LogP contribution in [-0.2, 0) is 0 Å². The molecule has 0 aromatic carbocycles. The molecular formula is C11H16BrN3O. The van der Waals surface area contributed by atoms with Gasteiger partial charge in [-0.3, -0.25) is 4.90 Å². The Morgan fingerprint density at radius 3 is 2.88 bits per heavy atom. The van der Waals surface area contributed by atoms with Crippen molar-refractivity contribution in [3.63, 3.8) is 0 Å². The van der Waals surface area contributed by atoms with Gasteiger partial charge in [0.1, 0.15) is 6.61 Å². The molecule has 5 heteroatoms. The summed E-state index contributed by atoms with van der Waals surface area (Å²) < 4.78 is 6.41. The fourth-order valence-electron chi connectivity index (χ4n) is 1.82. The van der Waals surface area contributed by atoms with Crippen LogP contribution in [0, 0.1) is 0 Å². The van der Waals surface area contributed by atoms with Gasteiger partial charge in [0, 0.05) is 6.54 Å². The van der Waals surface area contributed by atoms with Gasteiger partial charge in [-0.25, -0.2) is 4.98 Å². The lowest BCUT2D eigenvalue weighted by Gasteiger charge is -2.14. The summed E-state index contributed by atoms with van der Waals surface area (Å²) in [5, 5.41) is 0. The molecule has 0 amide bonds. The van der Waals surface area contributed by atoms with E-state index >= 15 is 0 Å². The molecule has 1 fully saturated rings. The molecule has 1 aromatic rings. The predicted molar refractivity (Wildman–Crippen MR) is 67.5 cm³/mol. The minimum Gasteiger partial charge on any atom is -0.476 e. The van der Waals surface area contributed by atoms with E-state index in [1.807, 2.05) is 0 Å². The molecule has 0 radical (unpaired) electrons. The molecule has 1 saturated heterocycles. The van der Waals surface area contributed by atoms with Crippen LogP contribution in [0.2, 0.25) is 0 Å². The molecule has 0 saturated carbocycles. The summed E-state index contributed by atoms with van der Waals surface area (Å²) in [6.07, 6.45) is 4.23. The number of ether oxygens (including phenoxy) is 1. The Morgan fingerprint density at radius 1 is 1.44 bits per heavy atom. The van der Waals surface area contributed by atoms with Gasteiger partial charge in [-0.1, -0.05) is 0 Å². The maximum absolute atomic E-state index is 5.60. The first kappa shape index (κ1) is 11.7. The summed E-state index contributed by atoms with van der Waals surface area (Å²) in [7, 11) is 0. The van der Waals surface area contributed by atoms with E-state index in [-0.39, 0.29) is 0 Å². The molecule has 16 heavy (non-hydrogen) atoms. The third-order valence-electron chi connectivity index (χ3n) is 2.67. The van der Waals surface area contributed by atoms with E-state index < -0.39 is 0 Å². The first-order valence-electron chi connectivity index (χ1n) is 5.52. The van der Waals surface area contributed by atoms with Crippen LogP contribution in [0.25, 0.3) is 0 Å². The predicted octanol–water partition coefficient (Wildman–Crippen LogP) is 1.90. The topological polar surface area (TPSA) is 51.4 Å². The van der Waals surface area contributed by atoms with Gasteiger partial charge in [-0.2, -0.15) is 0 Å². The Kier molecular flexibility index (Phi) is 4.01. The normalized spacial score (nSPS) is 16.6. The van der Waals surface area contributed by atoms with Gasteiger partial charge >= 0.3 is 0 Å². The maximum Gasteiger partial charge on any atom is 0.228 e. The van der Waals surface area contributed by atoms with E-state index in [4.69, 9.17) is 10.5 Å². The zero-order chi connectivity index (χ0) is 11.4. The molecular weight excluding hydrogens is 270 g/mol. The lowest BCUT2D eigenvalue weighted by molar-refractivity contribution is 0.231. The largest absolute Gasteiger partial charge is 0.476 e. The summed E-state index contributed by atoms with van der Waals surface area (Å²) in [4.78, 5) is 6.54. The molecule has 2 N–H and O–H groups in total. The number of aromatic nitrogens is 1. The van der Waals surface area contributed by atoms with Crippen molar-refractivity contribution in [2.45, 2.75) is 12.8 Å². The Balaban J connectivity index is 1.80. The van der Waals surface area contributed by atoms with Crippen LogP contribution in [0.5, 0.6) is 5.88 Å². The van der Waals surface area contributed by atoms with Crippen molar-refractivity contribution in [3.8, 4) is 5.88 Å². The van der Waals surface area contributed by atoms with Gasteiger partial charge in [0.05, 0.1) is 16.4 Å². The Bertz CT molecular complexity index is 353. The second kappa shape index (κ2) is 5.50. The van der Waals surface area contributed by atoms with Crippen molar-refractivity contribution in [2.75, 3.05) is 32.0 Å². The van der Waals surface area contributed by atoms with E-state index in [0.29, 0.717) is 18.2 Å². The minimum atomic E-state index is 0.619. The van der Waals surface area contributed by atoms with Gasteiger partial charge in [-0.05, 0) is 47.9 Å². The molecule has 1 aromatic heterocycles. The molecule has 0 spiro atoms. The van der Waals surface area contributed by atoms with Gasteiger partial charge in [0.25, 0.3) is 0 Å². The van der Waals surface area contributed by atoms with Crippen LogP contribution in [0.4, 0.5) is 5.69 Å². The number of hydrogen-bond acceptors (Lipinski definition) is 4. The van der Waals surface area contributed by atoms with Crippen molar-refractivity contribution in [1.82, 2.24) is 9.88 Å². The van der Waals surface area contributed by atoms with Gasteiger partial charge in [0.15, 0.2) is 0 Å². The van der Waals surface area contributed by atoms with E-state index in [9.17, 15) is 0 Å². The number of pyridine rings is 1. The highest BCUT2D eigenvalue weighted by Gasteiger charge is 2.11. The molecule has 0 aliphatic carbocycles. The van der Waals surface area contributed by atoms with Crippen molar-refractivity contribution in [2.24, 2.45) is 0 Å². The number of nitrogen functional groups attached to an aromatic ring is 1. The van der Waals surface area contributed by atoms with Crippen molar-refractivity contribution in [3.05, 3.63) is 16.7 Å². The van der Waals surface area contributed by atoms with Gasteiger partial charge in [-0.15, -0.1) is 0 Å². The smallest absolute Gasteiger partial charge is 0.228 e. The lowest BCUT2D eigenvalue weighted by Crippen LogP contribution is -2.25. The number of rotatable bonds is 4. The SMILES string of the molecule is Nc1cnc(OCCN2CCCC2)c(Br)c1. The first-order valence-corrected chi connectivity index (χ1v) is 6.31. The average molecular weight is 286 g/mol. The van der Waals surface area contributed by atoms with Crippen LogP contribution >= 0.6 is 15.9 Å². The van der Waals surface area contributed by atoms with Crippen molar-refractivity contribution in [1.29, 1.82) is 0 Å². The Hall–Kier alpha value is -0.810. The molecule has 0 bridgehead atoms. The third kappa shape index (κ3) is 3.09. The van der Waals surface area contributed by atoms with Crippen LogP contribution < -0.4 is 10.5 Å². The fourth-order valence-corrected chi connectivity index (χ4v) is 2.31. The average Bonchev–Trinajstić information content (AvgIpc) is 2.74. The molecule has 1 aliphatic heterocycles. The summed E-state index contributed by atoms with van der Waals surface area (Å²) in [5.74, 6) is 0.619. The van der Waals surface area contributed by atoms with Crippen LogP contribution in [0.1, 0.15) is 12.8 Å². The monoisotopic (exact) mass is 285 g/mol. The maximum atomic E-state index is 5.60. The lowest BCUT2D eigenvalue weighted by atomic mass is 10.4. The molecule has 0 unspecified atom stereocenters. The molecule has 0 atom stereocenters. The molecule has 2 heterocycles. The van der Waals surface area contributed by atoms with Crippen LogP contribution in [0.15, 0.2) is 16.7 Å². The molecule has 88 valence electrons. The van der Waals surface area contributed by atoms with E-state index in [1.165, 1.54) is 25.9 Å². The van der Waals surface area contributed by atoms with Crippen LogP contribution in [-0.4, -0.2) is 36.1 Å². The van der Waals surface area contributed by atoms with Gasteiger partial charge < -0.3 is 10.5 Å². The number of nitrogens with two attached hydrogens (primary N) is 1. The van der Waals surface area contributed by atoms with Gasteiger partial charge in [0.2, 0.25) is 5.88 Å². The Morgan fingerprint density at radius 2 is 2.19 bits per heavy atom. The van der Waals surface area contributed by atoms with E-state index in [0.717, 1.165) is 11.0 Å². The van der Waals surface area contributed by atoms with Crippen molar-refractivity contribution < 1.29 is 4.74 Å².